The first-order chi connectivity index (χ1) is 13.8. The number of aryl methyl sites for hydroxylation is 1. The second-order valence-electron chi connectivity index (χ2n) is 7.76. The van der Waals surface area contributed by atoms with E-state index in [1.54, 1.807) is 30.6 Å². The molecule has 29 heavy (non-hydrogen) atoms. The first-order valence-electron chi connectivity index (χ1n) is 9.40. The summed E-state index contributed by atoms with van der Waals surface area (Å²) in [6.45, 7) is 8.66. The number of para-hydroxylation sites is 1. The van der Waals surface area contributed by atoms with Gasteiger partial charge in [-0.25, -0.2) is 4.98 Å². The summed E-state index contributed by atoms with van der Waals surface area (Å²) in [6, 6.07) is 13.0. The fourth-order valence-corrected chi connectivity index (χ4v) is 3.47. The highest BCUT2D eigenvalue weighted by Crippen LogP contribution is 2.32. The monoisotopic (exact) mass is 410 g/mol. The smallest absolute Gasteiger partial charge is 0.259 e. The lowest BCUT2D eigenvalue weighted by Crippen LogP contribution is -2.16. The number of amides is 1. The minimum Gasteiger partial charge on any atom is -0.495 e. The molecule has 5 nitrogen and oxygen atoms in total. The van der Waals surface area contributed by atoms with Gasteiger partial charge in [0.2, 0.25) is 0 Å². The Hall–Kier alpha value is -2.86. The summed E-state index contributed by atoms with van der Waals surface area (Å²) < 4.78 is 11.3. The van der Waals surface area contributed by atoms with Crippen LogP contribution in [0.2, 0.25) is 0 Å². The van der Waals surface area contributed by atoms with Crippen molar-refractivity contribution in [3.8, 4) is 11.5 Å². The van der Waals surface area contributed by atoms with E-state index in [9.17, 15) is 4.79 Å². The minimum atomic E-state index is -0.251. The summed E-state index contributed by atoms with van der Waals surface area (Å²) >= 11 is 1.57. The first kappa shape index (κ1) is 20.9. The normalized spacial score (nSPS) is 11.2. The molecule has 0 saturated heterocycles. The molecule has 0 fully saturated rings. The Morgan fingerprint density at radius 3 is 2.55 bits per heavy atom. The van der Waals surface area contributed by atoms with E-state index < -0.39 is 0 Å². The van der Waals surface area contributed by atoms with E-state index in [1.807, 2.05) is 42.6 Å². The SMILES string of the molecule is COc1ccc(C(C)(C)C)cc1NC(=O)c1ccccc1OCc1csc(C)n1. The number of nitrogens with one attached hydrogen (secondary N) is 1. The van der Waals surface area contributed by atoms with Crippen LogP contribution in [0.3, 0.4) is 0 Å². The lowest BCUT2D eigenvalue weighted by molar-refractivity contribution is 0.102. The Balaban J connectivity index is 1.82. The molecule has 0 bridgehead atoms. The van der Waals surface area contributed by atoms with Crippen molar-refractivity contribution >= 4 is 22.9 Å². The fourth-order valence-electron chi connectivity index (χ4n) is 2.87. The number of thiazole rings is 1. The van der Waals surface area contributed by atoms with Crippen molar-refractivity contribution < 1.29 is 14.3 Å². The Labute approximate surface area is 175 Å². The lowest BCUT2D eigenvalue weighted by Gasteiger charge is -2.21. The van der Waals surface area contributed by atoms with Gasteiger partial charge in [0, 0.05) is 5.38 Å². The topological polar surface area (TPSA) is 60.5 Å². The fraction of sp³-hybridized carbons (Fsp3) is 0.304. The number of aromatic nitrogens is 1. The molecule has 1 aromatic heterocycles. The van der Waals surface area contributed by atoms with Gasteiger partial charge in [-0.05, 0) is 42.2 Å². The predicted octanol–water partition coefficient (Wildman–Crippen LogP) is 5.59. The molecule has 3 rings (SSSR count). The Kier molecular flexibility index (Phi) is 6.23. The zero-order valence-corrected chi connectivity index (χ0v) is 18.2. The third-order valence-corrected chi connectivity index (χ3v) is 5.31. The van der Waals surface area contributed by atoms with E-state index in [2.05, 4.69) is 31.1 Å². The van der Waals surface area contributed by atoms with Crippen molar-refractivity contribution in [2.45, 2.75) is 39.7 Å². The van der Waals surface area contributed by atoms with Gasteiger partial charge in [-0.2, -0.15) is 0 Å². The molecule has 0 aliphatic heterocycles. The van der Waals surface area contributed by atoms with Crippen LogP contribution in [0.4, 0.5) is 5.69 Å². The van der Waals surface area contributed by atoms with Crippen LogP contribution in [0.25, 0.3) is 0 Å². The molecule has 152 valence electrons. The zero-order chi connectivity index (χ0) is 21.0. The molecule has 0 radical (unpaired) electrons. The number of nitrogens with zero attached hydrogens (tertiary/aromatic N) is 1. The summed E-state index contributed by atoms with van der Waals surface area (Å²) in [7, 11) is 1.59. The van der Waals surface area contributed by atoms with Crippen molar-refractivity contribution in [1.82, 2.24) is 4.98 Å². The second kappa shape index (κ2) is 8.66. The summed E-state index contributed by atoms with van der Waals surface area (Å²) in [4.78, 5) is 17.4. The van der Waals surface area contributed by atoms with E-state index in [1.165, 1.54) is 0 Å². The van der Waals surface area contributed by atoms with Gasteiger partial charge in [-0.1, -0.05) is 39.0 Å². The van der Waals surface area contributed by atoms with Crippen LogP contribution in [0.1, 0.15) is 47.4 Å². The molecule has 0 unspecified atom stereocenters. The lowest BCUT2D eigenvalue weighted by atomic mass is 9.87. The molecule has 1 amide bonds. The maximum Gasteiger partial charge on any atom is 0.259 e. The zero-order valence-electron chi connectivity index (χ0n) is 17.4. The summed E-state index contributed by atoms with van der Waals surface area (Å²) in [5.74, 6) is 0.878. The van der Waals surface area contributed by atoms with E-state index >= 15 is 0 Å². The predicted molar refractivity (Wildman–Crippen MR) is 117 cm³/mol. The van der Waals surface area contributed by atoms with Crippen LogP contribution in [-0.2, 0) is 12.0 Å². The highest BCUT2D eigenvalue weighted by molar-refractivity contribution is 7.09. The van der Waals surface area contributed by atoms with Gasteiger partial charge in [0.25, 0.3) is 5.91 Å². The van der Waals surface area contributed by atoms with Gasteiger partial charge in [0.1, 0.15) is 18.1 Å². The third-order valence-electron chi connectivity index (χ3n) is 4.49. The van der Waals surface area contributed by atoms with Crippen molar-refractivity contribution in [1.29, 1.82) is 0 Å². The Bertz CT molecular complexity index is 1010. The first-order valence-corrected chi connectivity index (χ1v) is 10.3. The molecule has 1 heterocycles. The quantitative estimate of drug-likeness (QED) is 0.575. The molecular formula is C23H26N2O3S. The molecule has 0 aliphatic rings. The van der Waals surface area contributed by atoms with Gasteiger partial charge in [0.15, 0.2) is 0 Å². The average molecular weight is 411 g/mol. The van der Waals surface area contributed by atoms with Crippen LogP contribution < -0.4 is 14.8 Å². The Morgan fingerprint density at radius 2 is 1.90 bits per heavy atom. The second-order valence-corrected chi connectivity index (χ2v) is 8.82. The molecule has 1 N–H and O–H groups in total. The van der Waals surface area contributed by atoms with Crippen LogP contribution in [0, 0.1) is 6.92 Å². The Morgan fingerprint density at radius 1 is 1.14 bits per heavy atom. The number of ether oxygens (including phenoxy) is 2. The number of hydrogen-bond donors (Lipinski definition) is 1. The van der Waals surface area contributed by atoms with Gasteiger partial charge >= 0.3 is 0 Å². The molecular weight excluding hydrogens is 384 g/mol. The van der Waals surface area contributed by atoms with Gasteiger partial charge in [-0.15, -0.1) is 11.3 Å². The van der Waals surface area contributed by atoms with Gasteiger partial charge < -0.3 is 14.8 Å². The molecule has 0 atom stereocenters. The van der Waals surface area contributed by atoms with Crippen LogP contribution in [0.15, 0.2) is 47.8 Å². The van der Waals surface area contributed by atoms with Crippen molar-refractivity contribution in [3.05, 3.63) is 69.7 Å². The summed E-state index contributed by atoms with van der Waals surface area (Å²) in [5.41, 5.74) is 3.01. The van der Waals surface area contributed by atoms with Crippen LogP contribution in [-0.4, -0.2) is 18.0 Å². The number of anilines is 1. The minimum absolute atomic E-state index is 0.0432. The maximum atomic E-state index is 13.0. The van der Waals surface area contributed by atoms with E-state index in [0.29, 0.717) is 29.4 Å². The maximum absolute atomic E-state index is 13.0. The van der Waals surface area contributed by atoms with E-state index in [4.69, 9.17) is 9.47 Å². The van der Waals surface area contributed by atoms with Crippen molar-refractivity contribution in [3.63, 3.8) is 0 Å². The van der Waals surface area contributed by atoms with Crippen molar-refractivity contribution in [2.75, 3.05) is 12.4 Å². The summed E-state index contributed by atoms with van der Waals surface area (Å²) in [5, 5.41) is 5.92. The molecule has 0 spiro atoms. The van der Waals surface area contributed by atoms with Gasteiger partial charge in [0.05, 0.1) is 29.1 Å². The number of hydrogen-bond acceptors (Lipinski definition) is 5. The highest BCUT2D eigenvalue weighted by Gasteiger charge is 2.19. The number of methoxy groups -OCH3 is 1. The molecule has 0 aliphatic carbocycles. The number of benzene rings is 2. The number of carbonyl (C=O) groups is 1. The van der Waals surface area contributed by atoms with E-state index in [-0.39, 0.29) is 11.3 Å². The van der Waals surface area contributed by atoms with Crippen LogP contribution in [0.5, 0.6) is 11.5 Å². The van der Waals surface area contributed by atoms with Gasteiger partial charge in [-0.3, -0.25) is 4.79 Å². The molecule has 2 aromatic carbocycles. The highest BCUT2D eigenvalue weighted by atomic mass is 32.1. The van der Waals surface area contributed by atoms with E-state index in [0.717, 1.165) is 16.3 Å². The third kappa shape index (κ3) is 5.15. The molecule has 0 saturated carbocycles. The number of rotatable bonds is 6. The molecule has 6 heteroatoms. The standard InChI is InChI=1S/C23H26N2O3S/c1-15-24-17(14-29-15)13-28-20-9-7-6-8-18(20)22(26)25-19-12-16(23(2,3)4)10-11-21(19)27-5/h6-12,14H,13H2,1-5H3,(H,25,26). The molecule has 3 aromatic rings. The largest absolute Gasteiger partial charge is 0.495 e. The van der Waals surface area contributed by atoms with Crippen molar-refractivity contribution in [2.24, 2.45) is 0 Å². The average Bonchev–Trinajstić information content (AvgIpc) is 3.11. The number of carbonyl (C=O) groups excluding carboxylic acids is 1. The summed E-state index contributed by atoms with van der Waals surface area (Å²) in [6.07, 6.45) is 0. The van der Waals surface area contributed by atoms with Crippen LogP contribution >= 0.6 is 11.3 Å².